The van der Waals surface area contributed by atoms with Crippen molar-refractivity contribution in [3.63, 3.8) is 0 Å². The molecule has 5 fully saturated rings. The molecule has 1 aliphatic carbocycles. The second-order valence-electron chi connectivity index (χ2n) is 6.87. The van der Waals surface area contributed by atoms with E-state index >= 15 is 0 Å². The lowest BCUT2D eigenvalue weighted by Gasteiger charge is -2.59. The second kappa shape index (κ2) is 4.65. The molecule has 5 rings (SSSR count). The molecule has 8 atom stereocenters. The summed E-state index contributed by atoms with van der Waals surface area (Å²) in [6.45, 7) is 4.51. The standard InChI is InChI=1S/C15H24O5/c1-8-4-5-11-9(2)13(16-3)18-14-15(11)10(8)6-7-12(17-14)19-20-15/h8-14H,4-7H2,1-3H3/t8?,9-,10+,11+,12-,13+,14?,15-/m1/s1. The van der Waals surface area contributed by atoms with Crippen LogP contribution in [0, 0.1) is 23.7 Å². The number of hydrogen-bond donors (Lipinski definition) is 0. The molecule has 20 heavy (non-hydrogen) atoms. The van der Waals surface area contributed by atoms with E-state index in [0.29, 0.717) is 17.8 Å². The van der Waals surface area contributed by atoms with Gasteiger partial charge in [-0.15, -0.1) is 0 Å². The third-order valence-electron chi connectivity index (χ3n) is 5.99. The van der Waals surface area contributed by atoms with Gasteiger partial charge >= 0.3 is 0 Å². The molecule has 0 amide bonds. The Morgan fingerprint density at radius 2 is 1.80 bits per heavy atom. The first-order valence-corrected chi connectivity index (χ1v) is 7.85. The van der Waals surface area contributed by atoms with E-state index in [4.69, 9.17) is 24.0 Å². The van der Waals surface area contributed by atoms with Crippen LogP contribution in [0.1, 0.15) is 39.5 Å². The van der Waals surface area contributed by atoms with E-state index in [1.54, 1.807) is 7.11 Å². The Balaban J connectivity index is 1.78. The molecular formula is C15H24O5. The summed E-state index contributed by atoms with van der Waals surface area (Å²) in [4.78, 5) is 11.5. The van der Waals surface area contributed by atoms with Crippen LogP contribution in [0.25, 0.3) is 0 Å². The summed E-state index contributed by atoms with van der Waals surface area (Å²) in [7, 11) is 1.70. The maximum Gasteiger partial charge on any atom is 0.196 e. The SMILES string of the molecule is CO[C@H]1OC2O[C@H]3CC[C@H]4C(C)CC[C@@H]([C@H]1C)[C@@]24OO3. The van der Waals surface area contributed by atoms with Gasteiger partial charge in [0.05, 0.1) is 0 Å². The van der Waals surface area contributed by atoms with Crippen LogP contribution >= 0.6 is 0 Å². The van der Waals surface area contributed by atoms with Gasteiger partial charge in [0.2, 0.25) is 0 Å². The highest BCUT2D eigenvalue weighted by atomic mass is 17.2. The lowest BCUT2D eigenvalue weighted by Crippen LogP contribution is -2.69. The molecule has 1 saturated carbocycles. The van der Waals surface area contributed by atoms with Gasteiger partial charge in [-0.05, 0) is 31.1 Å². The number of fused-ring (bicyclic) bond motifs is 2. The van der Waals surface area contributed by atoms with E-state index in [1.165, 1.54) is 6.42 Å². The Labute approximate surface area is 119 Å². The van der Waals surface area contributed by atoms with Crippen molar-refractivity contribution in [3.8, 4) is 0 Å². The summed E-state index contributed by atoms with van der Waals surface area (Å²) in [5.41, 5.74) is -0.445. The largest absolute Gasteiger partial charge is 0.355 e. The third-order valence-corrected chi connectivity index (χ3v) is 5.99. The van der Waals surface area contributed by atoms with Crippen LogP contribution < -0.4 is 0 Å². The zero-order valence-corrected chi connectivity index (χ0v) is 12.4. The molecule has 5 aliphatic rings. The highest BCUT2D eigenvalue weighted by molar-refractivity contribution is 5.07. The van der Waals surface area contributed by atoms with Crippen molar-refractivity contribution in [2.24, 2.45) is 23.7 Å². The van der Waals surface area contributed by atoms with Gasteiger partial charge in [-0.25, -0.2) is 9.78 Å². The Hall–Kier alpha value is -0.200. The minimum Gasteiger partial charge on any atom is -0.355 e. The molecule has 2 unspecified atom stereocenters. The summed E-state index contributed by atoms with van der Waals surface area (Å²) >= 11 is 0. The fourth-order valence-electron chi connectivity index (χ4n) is 4.96. The zero-order chi connectivity index (χ0) is 13.9. The van der Waals surface area contributed by atoms with Gasteiger partial charge in [0, 0.05) is 25.4 Å². The molecule has 4 aliphatic heterocycles. The average Bonchev–Trinajstić information content (AvgIpc) is 2.73. The molecule has 0 aromatic carbocycles. The van der Waals surface area contributed by atoms with E-state index in [0.717, 1.165) is 19.3 Å². The van der Waals surface area contributed by atoms with Crippen molar-refractivity contribution in [1.29, 1.82) is 0 Å². The van der Waals surface area contributed by atoms with Crippen LogP contribution in [0.4, 0.5) is 0 Å². The van der Waals surface area contributed by atoms with Crippen molar-refractivity contribution in [2.45, 2.75) is 64.0 Å². The summed E-state index contributed by atoms with van der Waals surface area (Å²) in [5.74, 6) is 1.71. The van der Waals surface area contributed by atoms with Crippen molar-refractivity contribution < 1.29 is 24.0 Å². The summed E-state index contributed by atoms with van der Waals surface area (Å²) in [5, 5.41) is 0. The number of rotatable bonds is 1. The van der Waals surface area contributed by atoms with Crippen LogP contribution in [0.5, 0.6) is 0 Å². The molecule has 114 valence electrons. The van der Waals surface area contributed by atoms with Crippen molar-refractivity contribution in [1.82, 2.24) is 0 Å². The number of ether oxygens (including phenoxy) is 3. The van der Waals surface area contributed by atoms with Crippen molar-refractivity contribution >= 4 is 0 Å². The van der Waals surface area contributed by atoms with Crippen LogP contribution in [-0.2, 0) is 24.0 Å². The fourth-order valence-corrected chi connectivity index (χ4v) is 4.96. The van der Waals surface area contributed by atoms with Crippen molar-refractivity contribution in [2.75, 3.05) is 7.11 Å². The maximum absolute atomic E-state index is 6.09. The van der Waals surface area contributed by atoms with Crippen LogP contribution in [0.15, 0.2) is 0 Å². The lowest BCUT2D eigenvalue weighted by molar-refractivity contribution is -0.551. The van der Waals surface area contributed by atoms with E-state index in [1.807, 2.05) is 0 Å². The van der Waals surface area contributed by atoms with Gasteiger partial charge in [-0.3, -0.25) is 0 Å². The first kappa shape index (κ1) is 13.5. The van der Waals surface area contributed by atoms with Gasteiger partial charge in [-0.1, -0.05) is 13.8 Å². The third kappa shape index (κ3) is 1.61. The Bertz CT molecular complexity index is 388. The number of methoxy groups -OCH3 is 1. The highest BCUT2D eigenvalue weighted by Crippen LogP contribution is 2.58. The average molecular weight is 284 g/mol. The van der Waals surface area contributed by atoms with Gasteiger partial charge < -0.3 is 14.2 Å². The molecule has 5 nitrogen and oxygen atoms in total. The Kier molecular flexibility index (Phi) is 3.13. The van der Waals surface area contributed by atoms with E-state index < -0.39 is 5.60 Å². The lowest BCUT2D eigenvalue weighted by atomic mass is 9.58. The highest BCUT2D eigenvalue weighted by Gasteiger charge is 2.67. The normalized spacial score (nSPS) is 58.0. The molecule has 1 spiro atoms. The van der Waals surface area contributed by atoms with Crippen molar-refractivity contribution in [3.05, 3.63) is 0 Å². The first-order valence-electron chi connectivity index (χ1n) is 7.85. The zero-order valence-electron chi connectivity index (χ0n) is 12.4. The molecule has 0 aromatic rings. The van der Waals surface area contributed by atoms with Gasteiger partial charge in [0.15, 0.2) is 24.5 Å². The molecule has 4 heterocycles. The van der Waals surface area contributed by atoms with E-state index in [9.17, 15) is 0 Å². The Morgan fingerprint density at radius 1 is 1.00 bits per heavy atom. The quantitative estimate of drug-likeness (QED) is 0.692. The van der Waals surface area contributed by atoms with Gasteiger partial charge in [-0.2, -0.15) is 0 Å². The Morgan fingerprint density at radius 3 is 2.60 bits per heavy atom. The summed E-state index contributed by atoms with van der Waals surface area (Å²) in [6.07, 6.45) is 3.46. The van der Waals surface area contributed by atoms with Crippen LogP contribution in [0.3, 0.4) is 0 Å². The van der Waals surface area contributed by atoms with E-state index in [2.05, 4.69) is 13.8 Å². The molecule has 2 bridgehead atoms. The smallest absolute Gasteiger partial charge is 0.196 e. The van der Waals surface area contributed by atoms with Crippen LogP contribution in [0.2, 0.25) is 0 Å². The topological polar surface area (TPSA) is 46.2 Å². The first-order chi connectivity index (χ1) is 9.66. The predicted molar refractivity (Wildman–Crippen MR) is 69.2 cm³/mol. The fraction of sp³-hybridized carbons (Fsp3) is 1.00. The minimum absolute atomic E-state index is 0.215. The predicted octanol–water partition coefficient (Wildman–Crippen LogP) is 2.45. The molecular weight excluding hydrogens is 260 g/mol. The van der Waals surface area contributed by atoms with Crippen LogP contribution in [-0.4, -0.2) is 31.6 Å². The monoisotopic (exact) mass is 284 g/mol. The van der Waals surface area contributed by atoms with E-state index in [-0.39, 0.29) is 24.8 Å². The van der Waals surface area contributed by atoms with Gasteiger partial charge in [0.25, 0.3) is 0 Å². The number of hydrogen-bond acceptors (Lipinski definition) is 5. The molecule has 4 saturated heterocycles. The molecule has 0 radical (unpaired) electrons. The summed E-state index contributed by atoms with van der Waals surface area (Å²) in [6, 6.07) is 0. The molecule has 0 aromatic heterocycles. The molecule has 0 N–H and O–H groups in total. The minimum atomic E-state index is -0.445. The second-order valence-corrected chi connectivity index (χ2v) is 6.87. The maximum atomic E-state index is 6.09. The summed E-state index contributed by atoms with van der Waals surface area (Å²) < 4.78 is 17.6. The van der Waals surface area contributed by atoms with Gasteiger partial charge in [0.1, 0.15) is 0 Å². The molecule has 5 heteroatoms.